The molecule has 1 aromatic rings. The topological polar surface area (TPSA) is 78.9 Å². The maximum Gasteiger partial charge on any atom is 0.407 e. The molecule has 6 heteroatoms. The lowest BCUT2D eigenvalue weighted by atomic mass is 9.94. The van der Waals surface area contributed by atoms with Gasteiger partial charge in [0.2, 0.25) is 5.91 Å². The van der Waals surface area contributed by atoms with Gasteiger partial charge in [0.25, 0.3) is 0 Å². The molecule has 0 spiro atoms. The normalized spacial score (nSPS) is 21.1. The average molecular weight is 362 g/mol. The minimum atomic E-state index is -0.518. The van der Waals surface area contributed by atoms with Crippen LogP contribution in [0.15, 0.2) is 30.3 Å². The van der Waals surface area contributed by atoms with Crippen molar-refractivity contribution in [3.05, 3.63) is 35.9 Å². The van der Waals surface area contributed by atoms with E-state index in [-0.39, 0.29) is 30.9 Å². The predicted molar refractivity (Wildman–Crippen MR) is 99.4 cm³/mol. The lowest BCUT2D eigenvalue weighted by Crippen LogP contribution is -2.49. The Kier molecular flexibility index (Phi) is 7.91. The van der Waals surface area contributed by atoms with E-state index in [1.54, 1.807) is 4.90 Å². The highest BCUT2D eigenvalue weighted by Crippen LogP contribution is 2.20. The van der Waals surface area contributed by atoms with Crippen LogP contribution >= 0.6 is 0 Å². The first-order valence-corrected chi connectivity index (χ1v) is 9.42. The molecule has 1 aromatic carbocycles. The van der Waals surface area contributed by atoms with E-state index in [4.69, 9.17) is 4.74 Å². The number of piperidine rings is 1. The lowest BCUT2D eigenvalue weighted by molar-refractivity contribution is -0.139. The number of alkyl carbamates (subject to hydrolysis) is 1. The standard InChI is InChI=1S/C20H30N2O4/c1-3-7-17(19(24)22-11-10-15(2)18(23)13-22)12-21-20(25)26-14-16-8-5-4-6-9-16/h4-6,8-9,15,17-18,23H,3,7,10-14H2,1-2H3,(H,21,25)/t15?,17-,18?/m0/s1. The Morgan fingerprint density at radius 2 is 2.08 bits per heavy atom. The van der Waals surface area contributed by atoms with Crippen molar-refractivity contribution in [1.29, 1.82) is 0 Å². The Hall–Kier alpha value is -2.08. The predicted octanol–water partition coefficient (Wildman–Crippen LogP) is 2.56. The van der Waals surface area contributed by atoms with Gasteiger partial charge in [0, 0.05) is 19.6 Å². The van der Waals surface area contributed by atoms with E-state index in [1.165, 1.54) is 0 Å². The number of nitrogens with one attached hydrogen (secondary N) is 1. The summed E-state index contributed by atoms with van der Waals surface area (Å²) in [6, 6.07) is 9.46. The van der Waals surface area contributed by atoms with Crippen LogP contribution in [0.25, 0.3) is 0 Å². The SMILES string of the molecule is CCC[C@@H](CNC(=O)OCc1ccccc1)C(=O)N1CCC(C)C(O)C1. The third-order valence-corrected chi connectivity index (χ3v) is 4.92. The van der Waals surface area contributed by atoms with Crippen LogP contribution < -0.4 is 5.32 Å². The highest BCUT2D eigenvalue weighted by molar-refractivity contribution is 5.80. The summed E-state index contributed by atoms with van der Waals surface area (Å²) in [7, 11) is 0. The van der Waals surface area contributed by atoms with Crippen LogP contribution in [0.2, 0.25) is 0 Å². The van der Waals surface area contributed by atoms with E-state index in [1.807, 2.05) is 44.2 Å². The summed E-state index contributed by atoms with van der Waals surface area (Å²) in [5.74, 6) is -0.0687. The van der Waals surface area contributed by atoms with Gasteiger partial charge in [-0.05, 0) is 24.3 Å². The fourth-order valence-corrected chi connectivity index (χ4v) is 3.15. The van der Waals surface area contributed by atoms with Crippen LogP contribution in [-0.2, 0) is 16.1 Å². The molecule has 144 valence electrons. The Labute approximate surface area is 155 Å². The molecule has 2 amide bonds. The zero-order valence-corrected chi connectivity index (χ0v) is 15.7. The maximum atomic E-state index is 12.8. The van der Waals surface area contributed by atoms with Crippen LogP contribution in [0.1, 0.15) is 38.7 Å². The molecule has 2 rings (SSSR count). The molecule has 0 aromatic heterocycles. The van der Waals surface area contributed by atoms with E-state index in [2.05, 4.69) is 5.32 Å². The summed E-state index contributed by atoms with van der Waals surface area (Å²) < 4.78 is 5.20. The van der Waals surface area contributed by atoms with Crippen molar-refractivity contribution in [2.24, 2.45) is 11.8 Å². The van der Waals surface area contributed by atoms with Gasteiger partial charge >= 0.3 is 6.09 Å². The van der Waals surface area contributed by atoms with Crippen molar-refractivity contribution < 1.29 is 19.4 Å². The monoisotopic (exact) mass is 362 g/mol. The zero-order valence-electron chi connectivity index (χ0n) is 15.7. The molecule has 26 heavy (non-hydrogen) atoms. The molecule has 2 unspecified atom stereocenters. The van der Waals surface area contributed by atoms with Gasteiger partial charge in [-0.2, -0.15) is 0 Å². The smallest absolute Gasteiger partial charge is 0.407 e. The number of likely N-dealkylation sites (tertiary alicyclic amines) is 1. The molecule has 0 bridgehead atoms. The summed E-state index contributed by atoms with van der Waals surface area (Å²) in [5.41, 5.74) is 0.917. The van der Waals surface area contributed by atoms with E-state index in [0.29, 0.717) is 19.5 Å². The summed E-state index contributed by atoms with van der Waals surface area (Å²) in [6.07, 6.45) is 1.36. The van der Waals surface area contributed by atoms with Gasteiger partial charge in [0.05, 0.1) is 12.0 Å². The number of carbonyl (C=O) groups is 2. The van der Waals surface area contributed by atoms with Crippen LogP contribution in [0.5, 0.6) is 0 Å². The molecule has 1 aliphatic rings. The third-order valence-electron chi connectivity index (χ3n) is 4.92. The average Bonchev–Trinajstić information content (AvgIpc) is 2.66. The Morgan fingerprint density at radius 3 is 2.73 bits per heavy atom. The fourth-order valence-electron chi connectivity index (χ4n) is 3.15. The Balaban J connectivity index is 1.81. The number of ether oxygens (including phenoxy) is 1. The van der Waals surface area contributed by atoms with Gasteiger partial charge < -0.3 is 20.1 Å². The van der Waals surface area contributed by atoms with Gasteiger partial charge in [-0.15, -0.1) is 0 Å². The number of nitrogens with zero attached hydrogens (tertiary/aromatic N) is 1. The Morgan fingerprint density at radius 1 is 1.35 bits per heavy atom. The van der Waals surface area contributed by atoms with E-state index in [0.717, 1.165) is 18.4 Å². The molecular weight excluding hydrogens is 332 g/mol. The van der Waals surface area contributed by atoms with Gasteiger partial charge in [0.15, 0.2) is 0 Å². The molecule has 6 nitrogen and oxygen atoms in total. The number of β-amino-alcohol motifs (C(OH)–C–C–N with tert-alkyl or cyclic N) is 1. The number of hydrogen-bond donors (Lipinski definition) is 2. The van der Waals surface area contributed by atoms with Crippen molar-refractivity contribution in [3.63, 3.8) is 0 Å². The van der Waals surface area contributed by atoms with E-state index >= 15 is 0 Å². The van der Waals surface area contributed by atoms with E-state index in [9.17, 15) is 14.7 Å². The van der Waals surface area contributed by atoms with Crippen molar-refractivity contribution in [2.75, 3.05) is 19.6 Å². The van der Waals surface area contributed by atoms with Gasteiger partial charge in [0.1, 0.15) is 6.61 Å². The summed E-state index contributed by atoms with van der Waals surface area (Å²) in [4.78, 5) is 26.4. The molecule has 1 saturated heterocycles. The fraction of sp³-hybridized carbons (Fsp3) is 0.600. The molecule has 2 N–H and O–H groups in total. The highest BCUT2D eigenvalue weighted by atomic mass is 16.5. The summed E-state index contributed by atoms with van der Waals surface area (Å²) in [5, 5.41) is 12.7. The van der Waals surface area contributed by atoms with Gasteiger partial charge in [-0.1, -0.05) is 50.6 Å². The molecule has 0 radical (unpaired) electrons. The number of aliphatic hydroxyl groups is 1. The molecule has 1 aliphatic heterocycles. The van der Waals surface area contributed by atoms with E-state index < -0.39 is 12.2 Å². The van der Waals surface area contributed by atoms with Crippen LogP contribution in [0, 0.1) is 11.8 Å². The summed E-state index contributed by atoms with van der Waals surface area (Å²) in [6.45, 7) is 5.51. The minimum absolute atomic E-state index is 0.00107. The second kappa shape index (κ2) is 10.2. The first-order chi connectivity index (χ1) is 12.5. The number of benzene rings is 1. The third kappa shape index (κ3) is 6.02. The second-order valence-electron chi connectivity index (χ2n) is 7.05. The highest BCUT2D eigenvalue weighted by Gasteiger charge is 2.31. The molecule has 0 saturated carbocycles. The van der Waals surface area contributed by atoms with Crippen molar-refractivity contribution >= 4 is 12.0 Å². The second-order valence-corrected chi connectivity index (χ2v) is 7.05. The van der Waals surface area contributed by atoms with Crippen molar-refractivity contribution in [2.45, 2.75) is 45.8 Å². The number of aliphatic hydroxyl groups excluding tert-OH is 1. The zero-order chi connectivity index (χ0) is 18.9. The Bertz CT molecular complexity index is 578. The number of carbonyl (C=O) groups excluding carboxylic acids is 2. The van der Waals surface area contributed by atoms with Crippen molar-refractivity contribution in [1.82, 2.24) is 10.2 Å². The molecule has 1 heterocycles. The maximum absolute atomic E-state index is 12.8. The van der Waals surface area contributed by atoms with Gasteiger partial charge in [-0.25, -0.2) is 4.79 Å². The van der Waals surface area contributed by atoms with Crippen LogP contribution in [0.4, 0.5) is 4.79 Å². The molecule has 0 aliphatic carbocycles. The van der Waals surface area contributed by atoms with Gasteiger partial charge in [-0.3, -0.25) is 4.79 Å². The first-order valence-electron chi connectivity index (χ1n) is 9.42. The van der Waals surface area contributed by atoms with Crippen LogP contribution in [0.3, 0.4) is 0 Å². The first kappa shape index (κ1) is 20.2. The number of hydrogen-bond acceptors (Lipinski definition) is 4. The number of rotatable bonds is 7. The molecular formula is C20H30N2O4. The van der Waals surface area contributed by atoms with Crippen molar-refractivity contribution in [3.8, 4) is 0 Å². The largest absolute Gasteiger partial charge is 0.445 e. The summed E-state index contributed by atoms with van der Waals surface area (Å²) >= 11 is 0. The molecule has 1 fully saturated rings. The molecule has 3 atom stereocenters. The number of amides is 2. The quantitative estimate of drug-likeness (QED) is 0.781. The minimum Gasteiger partial charge on any atom is -0.445 e. The van der Waals surface area contributed by atoms with Crippen LogP contribution in [-0.4, -0.2) is 47.7 Å². The lowest BCUT2D eigenvalue weighted by Gasteiger charge is -2.36.